The summed E-state index contributed by atoms with van der Waals surface area (Å²) in [6.07, 6.45) is 0. The highest BCUT2D eigenvalue weighted by atomic mass is 35.5. The van der Waals surface area contributed by atoms with Gasteiger partial charge in [-0.2, -0.15) is 5.26 Å². The SMILES string of the molecule is Cc1ccccc1S(=O)(=O)Nc1ccc(C#N)c(Cl)c1. The lowest BCUT2D eigenvalue weighted by Crippen LogP contribution is -2.14. The fourth-order valence-electron chi connectivity index (χ4n) is 1.74. The molecule has 2 aromatic rings. The van der Waals surface area contributed by atoms with Gasteiger partial charge in [0.2, 0.25) is 0 Å². The van der Waals surface area contributed by atoms with Gasteiger partial charge in [0.05, 0.1) is 21.2 Å². The van der Waals surface area contributed by atoms with Crippen LogP contribution in [0.5, 0.6) is 0 Å². The zero-order chi connectivity index (χ0) is 14.8. The van der Waals surface area contributed by atoms with Crippen LogP contribution in [0.25, 0.3) is 0 Å². The quantitative estimate of drug-likeness (QED) is 0.945. The molecule has 0 fully saturated rings. The fourth-order valence-corrected chi connectivity index (χ4v) is 3.26. The molecule has 2 aromatic carbocycles. The molecule has 0 saturated heterocycles. The smallest absolute Gasteiger partial charge is 0.262 e. The molecule has 20 heavy (non-hydrogen) atoms. The zero-order valence-electron chi connectivity index (χ0n) is 10.6. The molecule has 0 aromatic heterocycles. The van der Waals surface area contributed by atoms with Crippen molar-refractivity contribution in [2.75, 3.05) is 4.72 Å². The highest BCUT2D eigenvalue weighted by Gasteiger charge is 2.16. The van der Waals surface area contributed by atoms with Crippen LogP contribution >= 0.6 is 11.6 Å². The Morgan fingerprint density at radius 1 is 1.20 bits per heavy atom. The van der Waals surface area contributed by atoms with Gasteiger partial charge >= 0.3 is 0 Å². The van der Waals surface area contributed by atoms with Crippen molar-refractivity contribution in [2.24, 2.45) is 0 Å². The van der Waals surface area contributed by atoms with Gasteiger partial charge in [-0.05, 0) is 36.8 Å². The second-order valence-electron chi connectivity index (χ2n) is 4.18. The van der Waals surface area contributed by atoms with Crippen LogP contribution in [0.15, 0.2) is 47.4 Å². The van der Waals surface area contributed by atoms with Gasteiger partial charge in [-0.3, -0.25) is 4.72 Å². The summed E-state index contributed by atoms with van der Waals surface area (Å²) in [5, 5.41) is 8.99. The van der Waals surface area contributed by atoms with Gasteiger partial charge in [0, 0.05) is 0 Å². The van der Waals surface area contributed by atoms with Crippen LogP contribution in [-0.4, -0.2) is 8.42 Å². The highest BCUT2D eigenvalue weighted by Crippen LogP contribution is 2.23. The molecule has 4 nitrogen and oxygen atoms in total. The van der Waals surface area contributed by atoms with E-state index in [2.05, 4.69) is 4.72 Å². The molecule has 0 aliphatic carbocycles. The van der Waals surface area contributed by atoms with Gasteiger partial charge < -0.3 is 0 Å². The van der Waals surface area contributed by atoms with E-state index in [0.717, 1.165) is 0 Å². The Kier molecular flexibility index (Phi) is 3.98. The van der Waals surface area contributed by atoms with Crippen molar-refractivity contribution in [3.8, 4) is 6.07 Å². The molecule has 0 unspecified atom stereocenters. The first-order chi connectivity index (χ1) is 9.44. The lowest BCUT2D eigenvalue weighted by atomic mass is 10.2. The molecular formula is C14H11ClN2O2S. The van der Waals surface area contributed by atoms with Gasteiger partial charge in [-0.25, -0.2) is 8.42 Å². The summed E-state index contributed by atoms with van der Waals surface area (Å²) in [5.74, 6) is 0. The second kappa shape index (κ2) is 5.53. The number of anilines is 1. The van der Waals surface area contributed by atoms with Gasteiger partial charge in [0.1, 0.15) is 6.07 Å². The predicted molar refractivity (Wildman–Crippen MR) is 78.2 cm³/mol. The summed E-state index contributed by atoms with van der Waals surface area (Å²) >= 11 is 5.88. The Bertz CT molecular complexity index is 795. The van der Waals surface area contributed by atoms with E-state index < -0.39 is 10.0 Å². The monoisotopic (exact) mass is 306 g/mol. The van der Waals surface area contributed by atoms with Crippen LogP contribution in [0.3, 0.4) is 0 Å². The number of sulfonamides is 1. The van der Waals surface area contributed by atoms with E-state index in [-0.39, 0.29) is 9.92 Å². The molecule has 0 spiro atoms. The van der Waals surface area contributed by atoms with E-state index in [0.29, 0.717) is 16.8 Å². The topological polar surface area (TPSA) is 70.0 Å². The minimum absolute atomic E-state index is 0.206. The van der Waals surface area contributed by atoms with Crippen molar-refractivity contribution in [3.63, 3.8) is 0 Å². The molecule has 0 aliphatic rings. The Labute approximate surface area is 122 Å². The first-order valence-electron chi connectivity index (χ1n) is 5.72. The minimum Gasteiger partial charge on any atom is -0.280 e. The highest BCUT2D eigenvalue weighted by molar-refractivity contribution is 7.92. The maximum Gasteiger partial charge on any atom is 0.262 e. The summed E-state index contributed by atoms with van der Waals surface area (Å²) in [4.78, 5) is 0.209. The number of nitrogens with one attached hydrogen (secondary N) is 1. The summed E-state index contributed by atoms with van der Waals surface area (Å²) in [6.45, 7) is 1.72. The van der Waals surface area contributed by atoms with E-state index in [9.17, 15) is 8.42 Å². The lowest BCUT2D eigenvalue weighted by Gasteiger charge is -2.10. The lowest BCUT2D eigenvalue weighted by molar-refractivity contribution is 0.600. The molecule has 0 atom stereocenters. The van der Waals surface area contributed by atoms with Crippen LogP contribution in [0.2, 0.25) is 5.02 Å². The van der Waals surface area contributed by atoms with Crippen LogP contribution in [0, 0.1) is 18.3 Å². The molecule has 102 valence electrons. The molecule has 0 amide bonds. The van der Waals surface area contributed by atoms with Gasteiger partial charge in [-0.15, -0.1) is 0 Å². The molecule has 0 aliphatic heterocycles. The number of rotatable bonds is 3. The van der Waals surface area contributed by atoms with E-state index >= 15 is 0 Å². The first kappa shape index (κ1) is 14.4. The Morgan fingerprint density at radius 3 is 2.50 bits per heavy atom. The number of nitrogens with zero attached hydrogens (tertiary/aromatic N) is 1. The van der Waals surface area contributed by atoms with Crippen LogP contribution in [0.4, 0.5) is 5.69 Å². The molecule has 0 heterocycles. The predicted octanol–water partition coefficient (Wildman–Crippen LogP) is 3.32. The number of aryl methyl sites for hydroxylation is 1. The number of hydrogen-bond acceptors (Lipinski definition) is 3. The maximum atomic E-state index is 12.3. The van der Waals surface area contributed by atoms with E-state index in [1.165, 1.54) is 24.3 Å². The van der Waals surface area contributed by atoms with E-state index in [1.807, 2.05) is 6.07 Å². The molecule has 6 heteroatoms. The first-order valence-corrected chi connectivity index (χ1v) is 7.58. The minimum atomic E-state index is -3.67. The average molecular weight is 307 g/mol. The third kappa shape index (κ3) is 2.93. The summed E-state index contributed by atoms with van der Waals surface area (Å²) in [5.41, 5.74) is 1.27. The van der Waals surface area contributed by atoms with Gasteiger partial charge in [-0.1, -0.05) is 29.8 Å². The van der Waals surface area contributed by atoms with Crippen molar-refractivity contribution >= 4 is 27.3 Å². The van der Waals surface area contributed by atoms with Crippen LogP contribution < -0.4 is 4.72 Å². The van der Waals surface area contributed by atoms with Gasteiger partial charge in [0.25, 0.3) is 10.0 Å². The van der Waals surface area contributed by atoms with Crippen molar-refractivity contribution in [1.29, 1.82) is 5.26 Å². The maximum absolute atomic E-state index is 12.3. The number of hydrogen-bond donors (Lipinski definition) is 1. The van der Waals surface area contributed by atoms with E-state index in [4.69, 9.17) is 16.9 Å². The summed E-state index contributed by atoms with van der Waals surface area (Å²) in [6, 6.07) is 13.0. The fraction of sp³-hybridized carbons (Fsp3) is 0.0714. The van der Waals surface area contributed by atoms with Crippen molar-refractivity contribution < 1.29 is 8.42 Å². The normalized spacial score (nSPS) is 10.8. The molecule has 1 N–H and O–H groups in total. The third-order valence-electron chi connectivity index (χ3n) is 2.72. The number of benzene rings is 2. The summed E-state index contributed by atoms with van der Waals surface area (Å²) < 4.78 is 27.0. The number of nitriles is 1. The third-order valence-corrected chi connectivity index (χ3v) is 4.58. The van der Waals surface area contributed by atoms with Crippen molar-refractivity contribution in [1.82, 2.24) is 0 Å². The average Bonchev–Trinajstić information content (AvgIpc) is 2.38. The van der Waals surface area contributed by atoms with Crippen LogP contribution in [-0.2, 0) is 10.0 Å². The Hall–Kier alpha value is -2.03. The summed E-state index contributed by atoms with van der Waals surface area (Å²) in [7, 11) is -3.67. The van der Waals surface area contributed by atoms with Crippen molar-refractivity contribution in [3.05, 3.63) is 58.6 Å². The zero-order valence-corrected chi connectivity index (χ0v) is 12.2. The van der Waals surface area contributed by atoms with Crippen LogP contribution in [0.1, 0.15) is 11.1 Å². The van der Waals surface area contributed by atoms with Gasteiger partial charge in [0.15, 0.2) is 0 Å². The molecule has 2 rings (SSSR count). The standard InChI is InChI=1S/C14H11ClN2O2S/c1-10-4-2-3-5-14(10)20(18,19)17-12-7-6-11(9-16)13(15)8-12/h2-8,17H,1H3. The van der Waals surface area contributed by atoms with E-state index in [1.54, 1.807) is 25.1 Å². The second-order valence-corrected chi connectivity index (χ2v) is 6.24. The molecule has 0 bridgehead atoms. The number of halogens is 1. The Morgan fingerprint density at radius 2 is 1.90 bits per heavy atom. The molecule has 0 radical (unpaired) electrons. The Balaban J connectivity index is 2.37. The van der Waals surface area contributed by atoms with Crippen molar-refractivity contribution in [2.45, 2.75) is 11.8 Å². The largest absolute Gasteiger partial charge is 0.280 e. The molecule has 0 saturated carbocycles. The molecular weight excluding hydrogens is 296 g/mol.